The summed E-state index contributed by atoms with van der Waals surface area (Å²) in [4.78, 5) is 48.4. The first-order valence-electron chi connectivity index (χ1n) is 21.1. The number of halogens is 4. The van der Waals surface area contributed by atoms with Crippen LogP contribution in [0.4, 0.5) is 17.6 Å². The molecule has 0 aliphatic carbocycles. The number of nitrogens with zero attached hydrogens (tertiary/aromatic N) is 6. The Labute approximate surface area is 430 Å². The molecule has 18 heteroatoms. The number of imidazole rings is 2. The van der Waals surface area contributed by atoms with E-state index in [0.29, 0.717) is 33.4 Å². The summed E-state index contributed by atoms with van der Waals surface area (Å²) in [6.45, 7) is 12.4. The SMILES string of the molecule is CC(=O)C=C(C)O.CC(=O)C=C(C)O.CC(=O)C=C(C)O.Cc1c[c-]c2c(n1)c1ccccc1n1c3cc(F)c(F)cc3nc21.Cc1ccc2c(n1)c1ccccc1n1c3cc(F)c(F)cc3nc21.[Ir].[Ir]. The monoisotopic (exact) mass is 1320 g/mol. The van der Waals surface area contributed by atoms with Crippen LogP contribution in [0, 0.1) is 43.2 Å². The van der Waals surface area contributed by atoms with Gasteiger partial charge in [0.1, 0.15) is 5.65 Å². The summed E-state index contributed by atoms with van der Waals surface area (Å²) < 4.78 is 58.5. The number of benzene rings is 4. The number of pyridine rings is 4. The zero-order chi connectivity index (χ0) is 50.4. The number of ketones is 3. The maximum atomic E-state index is 13.8. The van der Waals surface area contributed by atoms with Crippen molar-refractivity contribution in [2.75, 3.05) is 0 Å². The van der Waals surface area contributed by atoms with E-state index in [1.807, 2.05) is 83.3 Å². The molecular formula is C53H45F4Ir2N6O6-. The van der Waals surface area contributed by atoms with Gasteiger partial charge in [-0.3, -0.25) is 28.8 Å². The number of hydrogen-bond donors (Lipinski definition) is 3. The number of aryl methyl sites for hydroxylation is 2. The van der Waals surface area contributed by atoms with E-state index in [4.69, 9.17) is 15.3 Å². The molecule has 0 aliphatic heterocycles. The average Bonchev–Trinajstić information content (AvgIpc) is 3.81. The van der Waals surface area contributed by atoms with E-state index in [9.17, 15) is 31.9 Å². The van der Waals surface area contributed by atoms with Crippen LogP contribution in [0.25, 0.3) is 77.0 Å². The molecule has 0 fully saturated rings. The summed E-state index contributed by atoms with van der Waals surface area (Å²) >= 11 is 0. The summed E-state index contributed by atoms with van der Waals surface area (Å²) in [5, 5.41) is 28.6. The molecule has 0 atom stereocenters. The van der Waals surface area contributed by atoms with E-state index in [2.05, 4.69) is 26.0 Å². The van der Waals surface area contributed by atoms with E-state index in [1.54, 1.807) is 6.07 Å². The Hall–Kier alpha value is -7.23. The fourth-order valence-corrected chi connectivity index (χ4v) is 7.42. The van der Waals surface area contributed by atoms with Crippen LogP contribution in [0.15, 0.2) is 127 Å². The van der Waals surface area contributed by atoms with Crippen molar-refractivity contribution in [3.05, 3.63) is 167 Å². The van der Waals surface area contributed by atoms with Crippen molar-refractivity contribution in [1.82, 2.24) is 28.7 Å². The molecule has 4 aromatic carbocycles. The van der Waals surface area contributed by atoms with Crippen LogP contribution in [-0.4, -0.2) is 61.4 Å². The third-order valence-corrected chi connectivity index (χ3v) is 9.88. The van der Waals surface area contributed by atoms with Crippen LogP contribution in [0.5, 0.6) is 0 Å². The van der Waals surface area contributed by atoms with Crippen LogP contribution in [0.3, 0.4) is 0 Å². The van der Waals surface area contributed by atoms with E-state index in [0.717, 1.165) is 67.1 Å². The average molecular weight is 1320 g/mol. The van der Waals surface area contributed by atoms with Crippen molar-refractivity contribution in [1.29, 1.82) is 0 Å². The molecule has 0 amide bonds. The van der Waals surface area contributed by atoms with Gasteiger partial charge in [-0.05, 0) is 89.3 Å². The van der Waals surface area contributed by atoms with Crippen molar-refractivity contribution in [3.63, 3.8) is 0 Å². The van der Waals surface area contributed by atoms with Crippen molar-refractivity contribution in [2.45, 2.75) is 55.4 Å². The number of aliphatic hydroxyl groups excluding tert-OH is 3. The van der Waals surface area contributed by atoms with Crippen molar-refractivity contribution in [2.24, 2.45) is 0 Å². The minimum absolute atomic E-state index is 0. The molecule has 10 rings (SSSR count). The number of allylic oxidation sites excluding steroid dienone is 6. The van der Waals surface area contributed by atoms with Gasteiger partial charge >= 0.3 is 0 Å². The number of aliphatic hydroxyl groups is 3. The Morgan fingerprint density at radius 2 is 0.887 bits per heavy atom. The molecule has 0 saturated carbocycles. The molecule has 0 aliphatic rings. The number of carbonyl (C=O) groups is 3. The van der Waals surface area contributed by atoms with E-state index in [-0.39, 0.29) is 74.8 Å². The first kappa shape index (κ1) is 56.4. The molecule has 6 aromatic heterocycles. The Morgan fingerprint density at radius 1 is 0.493 bits per heavy atom. The van der Waals surface area contributed by atoms with Gasteiger partial charge < -0.3 is 24.7 Å². The molecule has 0 unspecified atom stereocenters. The molecule has 2 radical (unpaired) electrons. The zero-order valence-corrected chi connectivity index (χ0v) is 44.1. The summed E-state index contributed by atoms with van der Waals surface area (Å²) in [6, 6.07) is 29.0. The van der Waals surface area contributed by atoms with Crippen LogP contribution < -0.4 is 0 Å². The second kappa shape index (κ2) is 24.1. The van der Waals surface area contributed by atoms with Gasteiger partial charge in [-0.2, -0.15) is 0 Å². The Balaban J connectivity index is 0.000000218. The van der Waals surface area contributed by atoms with Gasteiger partial charge in [0, 0.05) is 105 Å². The normalized spacial score (nSPS) is 11.5. The molecule has 370 valence electrons. The third kappa shape index (κ3) is 13.1. The smallest absolute Gasteiger partial charge is 0.161 e. The number of rotatable bonds is 3. The van der Waals surface area contributed by atoms with Crippen LogP contribution >= 0.6 is 0 Å². The Kier molecular flexibility index (Phi) is 19.1. The van der Waals surface area contributed by atoms with Gasteiger partial charge in [0.25, 0.3) is 0 Å². The first-order chi connectivity index (χ1) is 32.6. The van der Waals surface area contributed by atoms with Gasteiger partial charge in [0.2, 0.25) is 0 Å². The Morgan fingerprint density at radius 3 is 1.32 bits per heavy atom. The molecule has 6 heterocycles. The number of fused-ring (bicyclic) bond motifs is 16. The second-order valence-corrected chi connectivity index (χ2v) is 15.9. The predicted octanol–water partition coefficient (Wildman–Crippen LogP) is 12.5. The molecular weight excluding hydrogens is 1280 g/mol. The van der Waals surface area contributed by atoms with Crippen LogP contribution in [-0.2, 0) is 54.6 Å². The minimum Gasteiger partial charge on any atom is -0.512 e. The summed E-state index contributed by atoms with van der Waals surface area (Å²) in [5.74, 6) is -3.76. The maximum Gasteiger partial charge on any atom is 0.161 e. The first-order valence-corrected chi connectivity index (χ1v) is 21.1. The summed E-state index contributed by atoms with van der Waals surface area (Å²) in [7, 11) is 0. The van der Waals surface area contributed by atoms with Crippen molar-refractivity contribution < 1.29 is 87.5 Å². The zero-order valence-electron chi connectivity index (χ0n) is 39.3. The molecule has 0 bridgehead atoms. The van der Waals surface area contributed by atoms with Gasteiger partial charge in [-0.25, -0.2) is 22.5 Å². The van der Waals surface area contributed by atoms with E-state index < -0.39 is 23.3 Å². The van der Waals surface area contributed by atoms with Crippen molar-refractivity contribution >= 4 is 94.3 Å². The number of hydrogen-bond acceptors (Lipinski definition) is 10. The predicted molar refractivity (Wildman–Crippen MR) is 260 cm³/mol. The third-order valence-electron chi connectivity index (χ3n) is 9.88. The Bertz CT molecular complexity index is 3500. The maximum absolute atomic E-state index is 13.8. The fourth-order valence-electron chi connectivity index (χ4n) is 7.42. The van der Waals surface area contributed by atoms with Gasteiger partial charge in [0.05, 0.1) is 56.0 Å². The topological polar surface area (TPSA) is 172 Å². The largest absolute Gasteiger partial charge is 0.512 e. The van der Waals surface area contributed by atoms with Gasteiger partial charge in [0.15, 0.2) is 40.6 Å². The van der Waals surface area contributed by atoms with E-state index >= 15 is 0 Å². The van der Waals surface area contributed by atoms with Gasteiger partial charge in [-0.1, -0.05) is 48.7 Å². The molecule has 12 nitrogen and oxygen atoms in total. The molecule has 0 saturated heterocycles. The molecule has 0 spiro atoms. The van der Waals surface area contributed by atoms with E-state index in [1.165, 1.54) is 71.9 Å². The number of para-hydroxylation sites is 2. The van der Waals surface area contributed by atoms with Crippen LogP contribution in [0.2, 0.25) is 0 Å². The van der Waals surface area contributed by atoms with Crippen molar-refractivity contribution in [3.8, 4) is 0 Å². The number of carbonyl (C=O) groups excluding carboxylic acids is 3. The quantitative estimate of drug-likeness (QED) is 0.0508. The van der Waals surface area contributed by atoms with Crippen LogP contribution in [0.1, 0.15) is 52.9 Å². The molecule has 3 N–H and O–H groups in total. The van der Waals surface area contributed by atoms with Gasteiger partial charge in [-0.15, -0.1) is 12.1 Å². The molecule has 10 aromatic rings. The fraction of sp³-hybridized carbons (Fsp3) is 0.151. The standard InChI is InChI=1S/C19H11F2N3.C19H10F2N3.3C5H8O2.2Ir/c2*1-10-6-7-12-18(22-10)11-4-2-3-5-16(11)24-17-9-14(21)13(20)8-15(17)23-19(12)24;3*1-4(6)3-5(2)7;;/h2-9H,1H3;2-6,8-9H,1H3;3*3,6H,1-2H3;;/q;-1;;;;;. The second-order valence-electron chi connectivity index (χ2n) is 15.9. The minimum atomic E-state index is -0.905. The summed E-state index contributed by atoms with van der Waals surface area (Å²) in [6.07, 6.45) is 3.50. The number of aromatic nitrogens is 6. The molecule has 71 heavy (non-hydrogen) atoms. The summed E-state index contributed by atoms with van der Waals surface area (Å²) in [5.41, 5.74) is 8.24.